The molecular weight excluding hydrogens is 242 g/mol. The standard InChI is InChI=1S/C13H13N5O/c1-9-16-17-13-12(14-6-7-18(9)13)15-8-10-4-2-3-5-11(10)19/h2-7,19H,8H2,1H3,(H,14,15). The van der Waals surface area contributed by atoms with E-state index in [2.05, 4.69) is 20.5 Å². The maximum Gasteiger partial charge on any atom is 0.203 e. The fourth-order valence-electron chi connectivity index (χ4n) is 1.91. The molecule has 6 nitrogen and oxygen atoms in total. The molecule has 2 heterocycles. The molecule has 3 rings (SSSR count). The third-order valence-corrected chi connectivity index (χ3v) is 2.94. The highest BCUT2D eigenvalue weighted by molar-refractivity contribution is 5.62. The Hall–Kier alpha value is -2.63. The lowest BCUT2D eigenvalue weighted by Gasteiger charge is -2.07. The van der Waals surface area contributed by atoms with Crippen molar-refractivity contribution in [3.8, 4) is 5.75 Å². The third-order valence-electron chi connectivity index (χ3n) is 2.94. The molecule has 0 saturated heterocycles. The van der Waals surface area contributed by atoms with Crippen LogP contribution in [0.4, 0.5) is 5.82 Å². The van der Waals surface area contributed by atoms with Crippen molar-refractivity contribution in [2.75, 3.05) is 5.32 Å². The first kappa shape index (κ1) is 11.5. The summed E-state index contributed by atoms with van der Waals surface area (Å²) in [5, 5.41) is 21.0. The zero-order valence-corrected chi connectivity index (χ0v) is 10.4. The van der Waals surface area contributed by atoms with Crippen molar-refractivity contribution in [2.45, 2.75) is 13.5 Å². The van der Waals surface area contributed by atoms with E-state index in [-0.39, 0.29) is 5.75 Å². The van der Waals surface area contributed by atoms with Crippen LogP contribution in [0.15, 0.2) is 36.7 Å². The molecule has 3 aromatic rings. The second-order valence-corrected chi connectivity index (χ2v) is 4.20. The van der Waals surface area contributed by atoms with Crippen molar-refractivity contribution in [3.05, 3.63) is 48.0 Å². The van der Waals surface area contributed by atoms with Gasteiger partial charge in [-0.15, -0.1) is 10.2 Å². The second kappa shape index (κ2) is 4.56. The van der Waals surface area contributed by atoms with Gasteiger partial charge in [-0.3, -0.25) is 4.40 Å². The van der Waals surface area contributed by atoms with E-state index >= 15 is 0 Å². The summed E-state index contributed by atoms with van der Waals surface area (Å²) in [6.07, 6.45) is 3.51. The van der Waals surface area contributed by atoms with Crippen molar-refractivity contribution >= 4 is 11.5 Å². The van der Waals surface area contributed by atoms with Crippen LogP contribution in [0.2, 0.25) is 0 Å². The van der Waals surface area contributed by atoms with Crippen molar-refractivity contribution in [1.82, 2.24) is 19.6 Å². The maximum absolute atomic E-state index is 9.71. The second-order valence-electron chi connectivity index (χ2n) is 4.20. The van der Waals surface area contributed by atoms with Gasteiger partial charge in [0.05, 0.1) is 0 Å². The number of aryl methyl sites for hydroxylation is 1. The summed E-state index contributed by atoms with van der Waals surface area (Å²) >= 11 is 0. The van der Waals surface area contributed by atoms with Crippen LogP contribution < -0.4 is 5.32 Å². The molecule has 2 aromatic heterocycles. The molecule has 0 spiro atoms. The molecular formula is C13H13N5O. The van der Waals surface area contributed by atoms with Gasteiger partial charge in [-0.1, -0.05) is 18.2 Å². The van der Waals surface area contributed by atoms with E-state index in [1.165, 1.54) is 0 Å². The number of rotatable bonds is 3. The van der Waals surface area contributed by atoms with Crippen LogP contribution in [-0.4, -0.2) is 24.7 Å². The van der Waals surface area contributed by atoms with Crippen LogP contribution in [-0.2, 0) is 6.54 Å². The predicted molar refractivity (Wildman–Crippen MR) is 71.0 cm³/mol. The minimum atomic E-state index is 0.264. The minimum Gasteiger partial charge on any atom is -0.508 e. The Morgan fingerprint density at radius 2 is 2.11 bits per heavy atom. The number of nitrogens with one attached hydrogen (secondary N) is 1. The number of hydrogen-bond donors (Lipinski definition) is 2. The Morgan fingerprint density at radius 1 is 1.26 bits per heavy atom. The fourth-order valence-corrected chi connectivity index (χ4v) is 1.91. The monoisotopic (exact) mass is 255 g/mol. The van der Waals surface area contributed by atoms with Crippen molar-refractivity contribution in [3.63, 3.8) is 0 Å². The van der Waals surface area contributed by atoms with Crippen molar-refractivity contribution in [1.29, 1.82) is 0 Å². The van der Waals surface area contributed by atoms with Gasteiger partial charge in [0.15, 0.2) is 5.82 Å². The Kier molecular flexibility index (Phi) is 2.75. The lowest BCUT2D eigenvalue weighted by atomic mass is 10.2. The van der Waals surface area contributed by atoms with E-state index in [1.807, 2.05) is 29.7 Å². The Morgan fingerprint density at radius 3 is 2.95 bits per heavy atom. The molecule has 19 heavy (non-hydrogen) atoms. The molecule has 0 amide bonds. The molecule has 0 unspecified atom stereocenters. The van der Waals surface area contributed by atoms with Crippen LogP contribution >= 0.6 is 0 Å². The quantitative estimate of drug-likeness (QED) is 0.745. The average molecular weight is 255 g/mol. The molecule has 0 aliphatic heterocycles. The van der Waals surface area contributed by atoms with Crippen LogP contribution in [0.5, 0.6) is 5.75 Å². The SMILES string of the molecule is Cc1nnc2c(NCc3ccccc3O)nccn12. The number of nitrogens with zero attached hydrogens (tertiary/aromatic N) is 4. The zero-order valence-electron chi connectivity index (χ0n) is 10.4. The summed E-state index contributed by atoms with van der Waals surface area (Å²) in [5.74, 6) is 1.72. The number of aromatic nitrogens is 4. The van der Waals surface area contributed by atoms with Crippen LogP contribution in [0.3, 0.4) is 0 Å². The molecule has 0 saturated carbocycles. The maximum atomic E-state index is 9.71. The highest BCUT2D eigenvalue weighted by Gasteiger charge is 2.08. The normalized spacial score (nSPS) is 10.8. The number of phenolic OH excluding ortho intramolecular Hbond substituents is 1. The van der Waals surface area contributed by atoms with E-state index in [1.54, 1.807) is 18.3 Å². The van der Waals surface area contributed by atoms with Crippen molar-refractivity contribution < 1.29 is 5.11 Å². The summed E-state index contributed by atoms with van der Waals surface area (Å²) < 4.78 is 1.86. The summed E-state index contributed by atoms with van der Waals surface area (Å²) in [6, 6.07) is 7.19. The lowest BCUT2D eigenvalue weighted by molar-refractivity contribution is 0.469. The molecule has 96 valence electrons. The smallest absolute Gasteiger partial charge is 0.203 e. The Labute approximate surface area is 109 Å². The molecule has 0 aliphatic rings. The molecule has 0 aliphatic carbocycles. The summed E-state index contributed by atoms with van der Waals surface area (Å²) in [7, 11) is 0. The van der Waals surface area contributed by atoms with E-state index < -0.39 is 0 Å². The third kappa shape index (κ3) is 2.08. The van der Waals surface area contributed by atoms with Gasteiger partial charge >= 0.3 is 0 Å². The van der Waals surface area contributed by atoms with Gasteiger partial charge in [-0.25, -0.2) is 4.98 Å². The number of benzene rings is 1. The average Bonchev–Trinajstić information content (AvgIpc) is 2.81. The number of phenols is 1. The molecule has 0 radical (unpaired) electrons. The van der Waals surface area contributed by atoms with E-state index in [0.29, 0.717) is 18.0 Å². The van der Waals surface area contributed by atoms with Gasteiger partial charge in [0.25, 0.3) is 0 Å². The predicted octanol–water partition coefficient (Wildman–Crippen LogP) is 1.75. The van der Waals surface area contributed by atoms with Gasteiger partial charge in [-0.05, 0) is 13.0 Å². The van der Waals surface area contributed by atoms with Gasteiger partial charge in [0.1, 0.15) is 11.6 Å². The highest BCUT2D eigenvalue weighted by Crippen LogP contribution is 2.18. The van der Waals surface area contributed by atoms with Gasteiger partial charge in [-0.2, -0.15) is 0 Å². The van der Waals surface area contributed by atoms with Crippen LogP contribution in [0, 0.1) is 6.92 Å². The number of anilines is 1. The summed E-state index contributed by atoms with van der Waals surface area (Å²) in [5.41, 5.74) is 1.48. The molecule has 2 N–H and O–H groups in total. The lowest BCUT2D eigenvalue weighted by Crippen LogP contribution is -2.04. The highest BCUT2D eigenvalue weighted by atomic mass is 16.3. The van der Waals surface area contributed by atoms with E-state index in [9.17, 15) is 5.11 Å². The molecule has 0 fully saturated rings. The first-order valence-corrected chi connectivity index (χ1v) is 5.93. The first-order valence-electron chi connectivity index (χ1n) is 5.93. The largest absolute Gasteiger partial charge is 0.508 e. The molecule has 6 heteroatoms. The number of hydrogen-bond acceptors (Lipinski definition) is 5. The van der Waals surface area contributed by atoms with Crippen LogP contribution in [0.1, 0.15) is 11.4 Å². The van der Waals surface area contributed by atoms with Crippen LogP contribution in [0.25, 0.3) is 5.65 Å². The summed E-state index contributed by atoms with van der Waals surface area (Å²) in [6.45, 7) is 2.36. The number of para-hydroxylation sites is 1. The topological polar surface area (TPSA) is 75.3 Å². The van der Waals surface area contributed by atoms with E-state index in [0.717, 1.165) is 11.4 Å². The van der Waals surface area contributed by atoms with Crippen molar-refractivity contribution in [2.24, 2.45) is 0 Å². The number of aromatic hydroxyl groups is 1. The summed E-state index contributed by atoms with van der Waals surface area (Å²) in [4.78, 5) is 4.25. The van der Waals surface area contributed by atoms with Gasteiger partial charge < -0.3 is 10.4 Å². The number of fused-ring (bicyclic) bond motifs is 1. The molecule has 1 aromatic carbocycles. The molecule has 0 atom stereocenters. The fraction of sp³-hybridized carbons (Fsp3) is 0.154. The zero-order chi connectivity index (χ0) is 13.2. The first-order chi connectivity index (χ1) is 9.25. The molecule has 0 bridgehead atoms. The van der Waals surface area contributed by atoms with E-state index in [4.69, 9.17) is 0 Å². The Bertz CT molecular complexity index is 722. The van der Waals surface area contributed by atoms with Gasteiger partial charge in [0, 0.05) is 24.5 Å². The minimum absolute atomic E-state index is 0.264. The Balaban J connectivity index is 1.88. The van der Waals surface area contributed by atoms with Gasteiger partial charge in [0.2, 0.25) is 5.65 Å².